The Bertz CT molecular complexity index is 868. The molecule has 124 valence electrons. The first-order valence-corrected chi connectivity index (χ1v) is 8.61. The van der Waals surface area contributed by atoms with E-state index < -0.39 is 15.8 Å². The van der Waals surface area contributed by atoms with Gasteiger partial charge in [0.25, 0.3) is 0 Å². The van der Waals surface area contributed by atoms with Crippen LogP contribution in [0.4, 0.5) is 0 Å². The second kappa shape index (κ2) is 6.04. The number of methoxy groups -OCH3 is 2. The number of hydrogen-bond acceptors (Lipinski definition) is 6. The topological polar surface area (TPSA) is 87.5 Å². The fourth-order valence-corrected chi connectivity index (χ4v) is 3.20. The van der Waals surface area contributed by atoms with E-state index in [4.69, 9.17) is 4.74 Å². The highest BCUT2D eigenvalue weighted by atomic mass is 32.2. The van der Waals surface area contributed by atoms with E-state index in [2.05, 4.69) is 9.72 Å². The molecule has 0 saturated heterocycles. The van der Waals surface area contributed by atoms with Crippen LogP contribution in [0.25, 0.3) is 5.69 Å². The minimum Gasteiger partial charge on any atom is -0.496 e. The normalized spacial score (nSPS) is 11.3. The van der Waals surface area contributed by atoms with Gasteiger partial charge in [0.15, 0.2) is 9.84 Å². The van der Waals surface area contributed by atoms with Gasteiger partial charge in [0, 0.05) is 18.5 Å². The third-order valence-corrected chi connectivity index (χ3v) is 4.47. The zero-order valence-corrected chi connectivity index (χ0v) is 14.4. The number of benzene rings is 1. The van der Waals surface area contributed by atoms with E-state index in [1.807, 2.05) is 6.92 Å². The largest absolute Gasteiger partial charge is 0.496 e. The Morgan fingerprint density at radius 1 is 1.22 bits per heavy atom. The first kappa shape index (κ1) is 17.0. The summed E-state index contributed by atoms with van der Waals surface area (Å²) in [5.41, 5.74) is 1.17. The van der Waals surface area contributed by atoms with Gasteiger partial charge in [-0.3, -0.25) is 0 Å². The van der Waals surface area contributed by atoms with Crippen molar-refractivity contribution in [2.24, 2.45) is 0 Å². The average molecular weight is 338 g/mol. The lowest BCUT2D eigenvalue weighted by Gasteiger charge is -2.15. The molecule has 8 heteroatoms. The number of esters is 1. The molecule has 0 aliphatic heterocycles. The van der Waals surface area contributed by atoms with Crippen molar-refractivity contribution in [1.82, 2.24) is 9.55 Å². The lowest BCUT2D eigenvalue weighted by atomic mass is 10.1. The number of imidazole rings is 1. The number of aromatic nitrogens is 2. The van der Waals surface area contributed by atoms with E-state index in [-0.39, 0.29) is 16.2 Å². The summed E-state index contributed by atoms with van der Waals surface area (Å²) in [5, 5.41) is 0. The van der Waals surface area contributed by atoms with Gasteiger partial charge in [-0.15, -0.1) is 0 Å². The molecule has 1 heterocycles. The lowest BCUT2D eigenvalue weighted by molar-refractivity contribution is 0.0597. The molecular formula is C15H18N2O5S. The summed E-state index contributed by atoms with van der Waals surface area (Å²) in [7, 11) is -0.968. The van der Waals surface area contributed by atoms with Gasteiger partial charge >= 0.3 is 5.97 Å². The molecule has 0 N–H and O–H groups in total. The number of nitrogens with zero attached hydrogens (tertiary/aromatic N) is 2. The van der Waals surface area contributed by atoms with Crippen LogP contribution in [0.5, 0.6) is 5.75 Å². The van der Waals surface area contributed by atoms with Gasteiger partial charge in [-0.05, 0) is 19.9 Å². The number of carbonyl (C=O) groups is 1. The Balaban J connectivity index is 2.85. The van der Waals surface area contributed by atoms with E-state index >= 15 is 0 Å². The van der Waals surface area contributed by atoms with Gasteiger partial charge in [-0.2, -0.15) is 0 Å². The number of ether oxygens (including phenoxy) is 2. The van der Waals surface area contributed by atoms with Crippen LogP contribution in [0, 0.1) is 13.8 Å². The zero-order chi connectivity index (χ0) is 17.4. The second-order valence-corrected chi connectivity index (χ2v) is 7.07. The molecule has 0 aliphatic rings. The van der Waals surface area contributed by atoms with Crippen LogP contribution in [0.3, 0.4) is 0 Å². The van der Waals surface area contributed by atoms with Crippen molar-refractivity contribution in [3.63, 3.8) is 0 Å². The minimum absolute atomic E-state index is 0.000741. The lowest BCUT2D eigenvalue weighted by Crippen LogP contribution is -2.11. The van der Waals surface area contributed by atoms with Crippen LogP contribution < -0.4 is 4.74 Å². The predicted molar refractivity (Wildman–Crippen MR) is 84.0 cm³/mol. The molecule has 2 aromatic rings. The van der Waals surface area contributed by atoms with E-state index in [9.17, 15) is 13.2 Å². The summed E-state index contributed by atoms with van der Waals surface area (Å²) in [5.74, 6) is 0.183. The summed E-state index contributed by atoms with van der Waals surface area (Å²) in [6.45, 7) is 3.57. The summed E-state index contributed by atoms with van der Waals surface area (Å²) in [6.07, 6.45) is 2.80. The van der Waals surface area contributed by atoms with Gasteiger partial charge in [-0.25, -0.2) is 18.2 Å². The molecule has 0 aliphatic carbocycles. The highest BCUT2D eigenvalue weighted by Crippen LogP contribution is 2.31. The first-order valence-electron chi connectivity index (χ1n) is 6.72. The van der Waals surface area contributed by atoms with Crippen LogP contribution in [0.15, 0.2) is 23.2 Å². The van der Waals surface area contributed by atoms with E-state index in [0.717, 1.165) is 11.9 Å². The maximum atomic E-state index is 12.2. The van der Waals surface area contributed by atoms with Gasteiger partial charge in [0.05, 0.1) is 30.5 Å². The molecule has 0 radical (unpaired) electrons. The van der Waals surface area contributed by atoms with Gasteiger partial charge in [-0.1, -0.05) is 0 Å². The first-order chi connectivity index (χ1) is 10.7. The fraction of sp³-hybridized carbons (Fsp3) is 0.333. The summed E-state index contributed by atoms with van der Waals surface area (Å²) in [6, 6.07) is 2.76. The molecule has 0 atom stereocenters. The third-order valence-electron chi connectivity index (χ3n) is 3.35. The maximum absolute atomic E-state index is 12.2. The standard InChI is InChI=1S/C15H18N2O5S/c1-9-8-17(10(2)16-9)12-7-13(21-3)11(15(18)22-4)6-14(12)23(5,19)20/h6-8H,1-5H3. The Morgan fingerprint density at radius 3 is 2.30 bits per heavy atom. The van der Waals surface area contributed by atoms with Gasteiger partial charge in [0.1, 0.15) is 17.1 Å². The highest BCUT2D eigenvalue weighted by Gasteiger charge is 2.23. The molecule has 0 amide bonds. The minimum atomic E-state index is -3.59. The summed E-state index contributed by atoms with van der Waals surface area (Å²) in [4.78, 5) is 16.1. The molecule has 1 aromatic carbocycles. The molecule has 0 fully saturated rings. The number of rotatable bonds is 4. The van der Waals surface area contributed by atoms with Crippen molar-refractivity contribution >= 4 is 15.8 Å². The van der Waals surface area contributed by atoms with Crippen LogP contribution in [-0.4, -0.2) is 44.4 Å². The quantitative estimate of drug-likeness (QED) is 0.788. The van der Waals surface area contributed by atoms with E-state index in [0.29, 0.717) is 11.5 Å². The Kier molecular flexibility index (Phi) is 4.46. The summed E-state index contributed by atoms with van der Waals surface area (Å²) >= 11 is 0. The predicted octanol–water partition coefficient (Wildman–Crippen LogP) is 1.69. The summed E-state index contributed by atoms with van der Waals surface area (Å²) < 4.78 is 35.9. The number of sulfone groups is 1. The second-order valence-electron chi connectivity index (χ2n) is 5.08. The SMILES string of the molecule is COC(=O)c1cc(S(C)(=O)=O)c(-n2cc(C)nc2C)cc1OC. The number of hydrogen-bond donors (Lipinski definition) is 0. The Morgan fingerprint density at radius 2 is 1.87 bits per heavy atom. The molecule has 2 rings (SSSR count). The fourth-order valence-electron chi connectivity index (χ4n) is 2.33. The zero-order valence-electron chi connectivity index (χ0n) is 13.6. The van der Waals surface area contributed by atoms with E-state index in [1.54, 1.807) is 17.7 Å². The molecule has 23 heavy (non-hydrogen) atoms. The molecular weight excluding hydrogens is 320 g/mol. The van der Waals surface area contributed by atoms with Crippen molar-refractivity contribution in [2.75, 3.05) is 20.5 Å². The average Bonchev–Trinajstić information content (AvgIpc) is 2.82. The maximum Gasteiger partial charge on any atom is 0.341 e. The van der Waals surface area contributed by atoms with Crippen molar-refractivity contribution in [2.45, 2.75) is 18.7 Å². The van der Waals surface area contributed by atoms with Crippen LogP contribution in [-0.2, 0) is 14.6 Å². The highest BCUT2D eigenvalue weighted by molar-refractivity contribution is 7.90. The van der Waals surface area contributed by atoms with Crippen LogP contribution in [0.1, 0.15) is 21.9 Å². The van der Waals surface area contributed by atoms with Crippen molar-refractivity contribution in [3.05, 3.63) is 35.4 Å². The monoisotopic (exact) mass is 338 g/mol. The van der Waals surface area contributed by atoms with Crippen molar-refractivity contribution in [1.29, 1.82) is 0 Å². The van der Waals surface area contributed by atoms with Gasteiger partial charge < -0.3 is 14.0 Å². The van der Waals surface area contributed by atoms with E-state index in [1.165, 1.54) is 26.4 Å². The Labute approximate surface area is 134 Å². The molecule has 0 spiro atoms. The smallest absolute Gasteiger partial charge is 0.341 e. The Hall–Kier alpha value is -2.35. The van der Waals surface area contributed by atoms with Crippen molar-refractivity contribution < 1.29 is 22.7 Å². The number of carbonyl (C=O) groups excluding carboxylic acids is 1. The molecule has 0 bridgehead atoms. The van der Waals surface area contributed by atoms with Crippen LogP contribution >= 0.6 is 0 Å². The molecule has 0 unspecified atom stereocenters. The number of aryl methyl sites for hydroxylation is 2. The van der Waals surface area contributed by atoms with Crippen LogP contribution in [0.2, 0.25) is 0 Å². The van der Waals surface area contributed by atoms with Crippen molar-refractivity contribution in [3.8, 4) is 11.4 Å². The third kappa shape index (κ3) is 3.21. The molecule has 0 saturated carbocycles. The molecule has 7 nitrogen and oxygen atoms in total. The van der Waals surface area contributed by atoms with Gasteiger partial charge in [0.2, 0.25) is 0 Å². The molecule has 1 aromatic heterocycles.